The van der Waals surface area contributed by atoms with Crippen LogP contribution in [0.1, 0.15) is 0 Å². The van der Waals surface area contributed by atoms with Crippen LogP contribution in [0, 0.1) is 0 Å². The van der Waals surface area contributed by atoms with Gasteiger partial charge in [-0.2, -0.15) is 13.1 Å². The maximum absolute atomic E-state index is 11.2. The van der Waals surface area contributed by atoms with Crippen LogP contribution in [-0.2, 0) is 19.7 Å². The Balaban J connectivity index is 2.32. The lowest BCUT2D eigenvalue weighted by Gasteiger charge is -2.23. The topological polar surface area (TPSA) is 106 Å². The highest BCUT2D eigenvalue weighted by molar-refractivity contribution is 7.88. The number of ether oxygens (including phenoxy) is 2. The molecule has 1 amide bonds. The summed E-state index contributed by atoms with van der Waals surface area (Å²) in [5.41, 5.74) is 0. The summed E-state index contributed by atoms with van der Waals surface area (Å²) in [7, 11) is -2.79. The highest BCUT2D eigenvalue weighted by Crippen LogP contribution is 1.94. The molecule has 0 bridgehead atoms. The number of amides is 1. The smallest absolute Gasteiger partial charge is 0.421 e. The summed E-state index contributed by atoms with van der Waals surface area (Å²) in [6, 6.07) is 0. The normalized spacial score (nSPS) is 21.4. The minimum absolute atomic E-state index is 0.0966. The van der Waals surface area contributed by atoms with Crippen LogP contribution in [0.4, 0.5) is 4.79 Å². The van der Waals surface area contributed by atoms with Gasteiger partial charge in [-0.15, -0.1) is 0 Å². The molecule has 1 unspecified atom stereocenters. The van der Waals surface area contributed by atoms with Crippen LogP contribution < -0.4 is 14.8 Å². The molecule has 0 aromatic carbocycles. The van der Waals surface area contributed by atoms with Crippen LogP contribution in [0.25, 0.3) is 0 Å². The second kappa shape index (κ2) is 5.99. The summed E-state index contributed by atoms with van der Waals surface area (Å²) in [6.45, 7) is 1.96. The molecule has 1 fully saturated rings. The minimum atomic E-state index is -3.87. The van der Waals surface area contributed by atoms with E-state index in [1.807, 2.05) is 0 Å². The van der Waals surface area contributed by atoms with Crippen molar-refractivity contribution in [1.82, 2.24) is 14.8 Å². The van der Waals surface area contributed by atoms with Crippen LogP contribution >= 0.6 is 0 Å². The van der Waals surface area contributed by atoms with Crippen LogP contribution in [-0.4, -0.2) is 54.0 Å². The summed E-state index contributed by atoms with van der Waals surface area (Å²) in [6.07, 6.45) is -1.27. The summed E-state index contributed by atoms with van der Waals surface area (Å²) in [4.78, 5) is 10.7. The fourth-order valence-electron chi connectivity index (χ4n) is 1.14. The van der Waals surface area contributed by atoms with Crippen LogP contribution in [0.15, 0.2) is 0 Å². The molecule has 0 aliphatic carbocycles. The maximum Gasteiger partial charge on any atom is 0.421 e. The number of carbonyl (C=O) groups is 1. The predicted octanol–water partition coefficient (Wildman–Crippen LogP) is -1.83. The molecule has 8 nitrogen and oxygen atoms in total. The zero-order valence-electron chi connectivity index (χ0n) is 8.86. The van der Waals surface area contributed by atoms with Crippen LogP contribution in [0.3, 0.4) is 0 Å². The summed E-state index contributed by atoms with van der Waals surface area (Å²) in [5.74, 6) is 0. The fourth-order valence-corrected chi connectivity index (χ4v) is 1.92. The Kier molecular flexibility index (Phi) is 4.93. The molecule has 0 aromatic heterocycles. The molecule has 0 spiro atoms. The third kappa shape index (κ3) is 4.75. The molecule has 16 heavy (non-hydrogen) atoms. The Morgan fingerprint density at radius 3 is 2.94 bits per heavy atom. The molecule has 1 aliphatic rings. The fraction of sp³-hybridized carbons (Fsp3) is 0.857. The quantitative estimate of drug-likeness (QED) is 0.544. The van der Waals surface area contributed by atoms with Crippen molar-refractivity contribution in [2.45, 2.75) is 6.10 Å². The maximum atomic E-state index is 11.2. The van der Waals surface area contributed by atoms with Crippen molar-refractivity contribution in [2.75, 3.05) is 33.4 Å². The molecule has 0 saturated carbocycles. The Bertz CT molecular complexity index is 325. The predicted molar refractivity (Wildman–Crippen MR) is 55.1 cm³/mol. The SMILES string of the molecule is COC(=O)NS(=O)(=O)NCC1CNCCO1. The first-order valence-corrected chi connectivity index (χ1v) is 6.19. The molecular formula is C7H15N3O5S. The third-order valence-electron chi connectivity index (χ3n) is 1.91. The molecule has 0 aromatic rings. The van der Waals surface area contributed by atoms with Crippen molar-refractivity contribution in [3.05, 3.63) is 0 Å². The Labute approximate surface area is 93.9 Å². The van der Waals surface area contributed by atoms with E-state index >= 15 is 0 Å². The van der Waals surface area contributed by atoms with Crippen molar-refractivity contribution in [1.29, 1.82) is 0 Å². The molecule has 0 radical (unpaired) electrons. The van der Waals surface area contributed by atoms with E-state index in [9.17, 15) is 13.2 Å². The van der Waals surface area contributed by atoms with E-state index < -0.39 is 16.3 Å². The van der Waals surface area contributed by atoms with Crippen molar-refractivity contribution in [3.63, 3.8) is 0 Å². The Morgan fingerprint density at radius 1 is 1.62 bits per heavy atom. The number of carbonyl (C=O) groups excluding carboxylic acids is 1. The summed E-state index contributed by atoms with van der Waals surface area (Å²) in [5, 5.41) is 3.05. The van der Waals surface area contributed by atoms with Gasteiger partial charge < -0.3 is 14.8 Å². The van der Waals surface area contributed by atoms with Crippen molar-refractivity contribution in [2.24, 2.45) is 0 Å². The lowest BCUT2D eigenvalue weighted by molar-refractivity contribution is 0.0323. The average molecular weight is 253 g/mol. The largest absolute Gasteiger partial charge is 0.452 e. The molecule has 1 heterocycles. The number of hydrogen-bond donors (Lipinski definition) is 3. The first-order chi connectivity index (χ1) is 7.53. The molecule has 1 atom stereocenters. The van der Waals surface area contributed by atoms with Gasteiger partial charge in [-0.25, -0.2) is 9.52 Å². The van der Waals surface area contributed by atoms with E-state index in [1.54, 1.807) is 4.72 Å². The first kappa shape index (κ1) is 13.2. The van der Waals surface area contributed by atoms with Crippen LogP contribution in [0.5, 0.6) is 0 Å². The zero-order valence-corrected chi connectivity index (χ0v) is 9.67. The molecule has 1 rings (SSSR count). The van der Waals surface area contributed by atoms with Gasteiger partial charge in [0.1, 0.15) is 0 Å². The van der Waals surface area contributed by atoms with Gasteiger partial charge >= 0.3 is 16.3 Å². The van der Waals surface area contributed by atoms with E-state index in [1.165, 1.54) is 0 Å². The monoisotopic (exact) mass is 253 g/mol. The second-order valence-corrected chi connectivity index (χ2v) is 4.64. The van der Waals surface area contributed by atoms with Crippen LogP contribution in [0.2, 0.25) is 0 Å². The van der Waals surface area contributed by atoms with E-state index in [0.29, 0.717) is 13.2 Å². The van der Waals surface area contributed by atoms with Crippen molar-refractivity contribution < 1.29 is 22.7 Å². The second-order valence-electron chi connectivity index (χ2n) is 3.14. The van der Waals surface area contributed by atoms with Gasteiger partial charge in [0.05, 0.1) is 19.8 Å². The summed E-state index contributed by atoms with van der Waals surface area (Å²) >= 11 is 0. The minimum Gasteiger partial charge on any atom is -0.452 e. The number of methoxy groups -OCH3 is 1. The Hall–Kier alpha value is -0.900. The van der Waals surface area contributed by atoms with E-state index in [0.717, 1.165) is 13.7 Å². The molecule has 94 valence electrons. The van der Waals surface area contributed by atoms with Crippen molar-refractivity contribution >= 4 is 16.3 Å². The molecule has 1 saturated heterocycles. The number of rotatable bonds is 4. The van der Waals surface area contributed by atoms with Crippen molar-refractivity contribution in [3.8, 4) is 0 Å². The molecule has 3 N–H and O–H groups in total. The third-order valence-corrected chi connectivity index (χ3v) is 2.89. The standard InChI is InChI=1S/C7H15N3O5S/c1-14-7(11)10-16(12,13)9-5-6-4-8-2-3-15-6/h6,8-9H,2-5H2,1H3,(H,10,11). The van der Waals surface area contributed by atoms with Gasteiger partial charge in [-0.3, -0.25) is 0 Å². The van der Waals surface area contributed by atoms with Gasteiger partial charge in [0.2, 0.25) is 0 Å². The summed E-state index contributed by atoms with van der Waals surface area (Å²) < 4.78 is 35.8. The van der Waals surface area contributed by atoms with Gasteiger partial charge in [0.25, 0.3) is 0 Å². The highest BCUT2D eigenvalue weighted by Gasteiger charge is 2.18. The average Bonchev–Trinajstić information content (AvgIpc) is 2.27. The molecular weight excluding hydrogens is 238 g/mol. The highest BCUT2D eigenvalue weighted by atomic mass is 32.2. The molecule has 1 aliphatic heterocycles. The lowest BCUT2D eigenvalue weighted by Crippen LogP contribution is -2.48. The van der Waals surface area contributed by atoms with Gasteiger partial charge in [-0.05, 0) is 0 Å². The van der Waals surface area contributed by atoms with Gasteiger partial charge in [0.15, 0.2) is 0 Å². The van der Waals surface area contributed by atoms with Gasteiger partial charge in [-0.1, -0.05) is 0 Å². The Morgan fingerprint density at radius 2 is 2.38 bits per heavy atom. The van der Waals surface area contributed by atoms with E-state index in [4.69, 9.17) is 4.74 Å². The van der Waals surface area contributed by atoms with E-state index in [-0.39, 0.29) is 12.6 Å². The lowest BCUT2D eigenvalue weighted by atomic mass is 10.3. The number of nitrogens with one attached hydrogen (secondary N) is 3. The zero-order chi connectivity index (χ0) is 12.0. The van der Waals surface area contributed by atoms with Gasteiger partial charge in [0, 0.05) is 19.6 Å². The molecule has 9 heteroatoms. The van der Waals surface area contributed by atoms with E-state index in [2.05, 4.69) is 14.8 Å². The number of morpholine rings is 1. The first-order valence-electron chi connectivity index (χ1n) is 4.71. The number of hydrogen-bond acceptors (Lipinski definition) is 6.